The van der Waals surface area contributed by atoms with E-state index in [1.165, 1.54) is 11.3 Å². The first kappa shape index (κ1) is 14.6. The van der Waals surface area contributed by atoms with Gasteiger partial charge >= 0.3 is 0 Å². The standard InChI is InChI=1S/C13H11ClN6OS/c14-10-3-1-9(22-10)2-4-11(21)17-13-18-12(19-20-13)8-5-6-15-16-7-8/h1,3,5-7H,2,4H2,(H2,17,18,19,20,21). The van der Waals surface area contributed by atoms with Crippen molar-refractivity contribution in [3.63, 3.8) is 0 Å². The Balaban J connectivity index is 1.57. The molecule has 0 aromatic carbocycles. The Bertz CT molecular complexity index is 772. The third-order valence-electron chi connectivity index (χ3n) is 2.82. The highest BCUT2D eigenvalue weighted by atomic mass is 35.5. The van der Waals surface area contributed by atoms with Crippen molar-refractivity contribution in [2.45, 2.75) is 12.8 Å². The first-order chi connectivity index (χ1) is 10.7. The average molecular weight is 335 g/mol. The van der Waals surface area contributed by atoms with E-state index in [9.17, 15) is 4.79 Å². The Kier molecular flexibility index (Phi) is 4.40. The maximum Gasteiger partial charge on any atom is 0.249 e. The lowest BCUT2D eigenvalue weighted by Crippen LogP contribution is -2.13. The zero-order valence-corrected chi connectivity index (χ0v) is 12.9. The molecule has 2 N–H and O–H groups in total. The number of halogens is 1. The minimum Gasteiger partial charge on any atom is -0.293 e. The molecule has 0 aliphatic heterocycles. The molecule has 3 heterocycles. The molecule has 0 aliphatic rings. The van der Waals surface area contributed by atoms with Gasteiger partial charge < -0.3 is 0 Å². The van der Waals surface area contributed by atoms with Crippen molar-refractivity contribution < 1.29 is 4.79 Å². The number of H-pyrrole nitrogens is 1. The lowest BCUT2D eigenvalue weighted by atomic mass is 10.2. The number of nitrogens with zero attached hydrogens (tertiary/aromatic N) is 4. The van der Waals surface area contributed by atoms with Gasteiger partial charge in [0, 0.05) is 16.9 Å². The van der Waals surface area contributed by atoms with Crippen molar-refractivity contribution in [1.82, 2.24) is 25.4 Å². The molecule has 0 aliphatic carbocycles. The number of thiophene rings is 1. The van der Waals surface area contributed by atoms with Gasteiger partial charge in [-0.1, -0.05) is 11.6 Å². The second kappa shape index (κ2) is 6.63. The van der Waals surface area contributed by atoms with Crippen LogP contribution in [0, 0.1) is 0 Å². The highest BCUT2D eigenvalue weighted by molar-refractivity contribution is 7.16. The van der Waals surface area contributed by atoms with Crippen LogP contribution in [0.2, 0.25) is 4.34 Å². The van der Waals surface area contributed by atoms with E-state index in [0.29, 0.717) is 18.7 Å². The summed E-state index contributed by atoms with van der Waals surface area (Å²) in [7, 11) is 0. The number of carbonyl (C=O) groups is 1. The number of anilines is 1. The molecular formula is C13H11ClN6OS. The van der Waals surface area contributed by atoms with Crippen LogP contribution in [0.15, 0.2) is 30.6 Å². The molecule has 112 valence electrons. The molecule has 3 aromatic rings. The molecule has 7 nitrogen and oxygen atoms in total. The number of rotatable bonds is 5. The molecule has 0 spiro atoms. The monoisotopic (exact) mass is 334 g/mol. The van der Waals surface area contributed by atoms with E-state index < -0.39 is 0 Å². The Morgan fingerprint density at radius 1 is 1.32 bits per heavy atom. The summed E-state index contributed by atoms with van der Waals surface area (Å²) >= 11 is 7.32. The number of aromatic amines is 1. The topological polar surface area (TPSA) is 96.5 Å². The molecule has 9 heteroatoms. The summed E-state index contributed by atoms with van der Waals surface area (Å²) in [5.74, 6) is 0.610. The summed E-state index contributed by atoms with van der Waals surface area (Å²) in [4.78, 5) is 17.1. The maximum absolute atomic E-state index is 11.9. The van der Waals surface area contributed by atoms with E-state index in [4.69, 9.17) is 11.6 Å². The number of hydrogen-bond donors (Lipinski definition) is 2. The summed E-state index contributed by atoms with van der Waals surface area (Å²) in [5, 5.41) is 16.8. The van der Waals surface area contributed by atoms with Gasteiger partial charge in [-0.2, -0.15) is 15.2 Å². The second-order valence-electron chi connectivity index (χ2n) is 4.39. The SMILES string of the molecule is O=C(CCc1ccc(Cl)s1)Nc1n[nH]c(-c2ccnnc2)n1. The summed E-state index contributed by atoms with van der Waals surface area (Å²) in [6, 6.07) is 5.49. The van der Waals surface area contributed by atoms with E-state index in [0.717, 1.165) is 14.8 Å². The third-order valence-corrected chi connectivity index (χ3v) is 4.11. The largest absolute Gasteiger partial charge is 0.293 e. The Hall–Kier alpha value is -2.32. The number of aryl methyl sites for hydroxylation is 1. The van der Waals surface area contributed by atoms with E-state index >= 15 is 0 Å². The van der Waals surface area contributed by atoms with Crippen molar-refractivity contribution in [3.8, 4) is 11.4 Å². The van der Waals surface area contributed by atoms with Gasteiger partial charge in [-0.15, -0.1) is 16.4 Å². The zero-order valence-electron chi connectivity index (χ0n) is 11.3. The van der Waals surface area contributed by atoms with Crippen molar-refractivity contribution in [2.24, 2.45) is 0 Å². The molecule has 1 amide bonds. The third kappa shape index (κ3) is 3.66. The van der Waals surface area contributed by atoms with E-state index in [1.54, 1.807) is 18.5 Å². The van der Waals surface area contributed by atoms with Crippen LogP contribution in [-0.2, 0) is 11.2 Å². The smallest absolute Gasteiger partial charge is 0.249 e. The van der Waals surface area contributed by atoms with Gasteiger partial charge in [0.15, 0.2) is 5.82 Å². The van der Waals surface area contributed by atoms with Gasteiger partial charge in [0.25, 0.3) is 0 Å². The van der Waals surface area contributed by atoms with Crippen LogP contribution in [0.3, 0.4) is 0 Å². The molecule has 0 saturated heterocycles. The predicted molar refractivity (Wildman–Crippen MR) is 83.7 cm³/mol. The van der Waals surface area contributed by atoms with Gasteiger partial charge in [0.1, 0.15) is 0 Å². The van der Waals surface area contributed by atoms with Crippen LogP contribution >= 0.6 is 22.9 Å². The van der Waals surface area contributed by atoms with Gasteiger partial charge in [-0.25, -0.2) is 0 Å². The molecule has 22 heavy (non-hydrogen) atoms. The highest BCUT2D eigenvalue weighted by Gasteiger charge is 2.10. The first-order valence-electron chi connectivity index (χ1n) is 6.44. The van der Waals surface area contributed by atoms with Gasteiger partial charge in [0.2, 0.25) is 11.9 Å². The van der Waals surface area contributed by atoms with Crippen LogP contribution in [0.1, 0.15) is 11.3 Å². The first-order valence-corrected chi connectivity index (χ1v) is 7.64. The Morgan fingerprint density at radius 3 is 2.95 bits per heavy atom. The maximum atomic E-state index is 11.9. The second-order valence-corrected chi connectivity index (χ2v) is 6.19. The fourth-order valence-electron chi connectivity index (χ4n) is 1.79. The average Bonchev–Trinajstić information content (AvgIpc) is 3.15. The fourth-order valence-corrected chi connectivity index (χ4v) is 2.87. The number of carbonyl (C=O) groups excluding carboxylic acids is 1. The van der Waals surface area contributed by atoms with Gasteiger partial charge in [-0.3, -0.25) is 15.2 Å². The van der Waals surface area contributed by atoms with Crippen LogP contribution in [0.25, 0.3) is 11.4 Å². The van der Waals surface area contributed by atoms with Crippen molar-refractivity contribution in [1.29, 1.82) is 0 Å². The van der Waals surface area contributed by atoms with Crippen LogP contribution in [0.5, 0.6) is 0 Å². The molecule has 0 saturated carbocycles. The summed E-state index contributed by atoms with van der Waals surface area (Å²) in [5.41, 5.74) is 0.747. The minimum absolute atomic E-state index is 0.150. The summed E-state index contributed by atoms with van der Waals surface area (Å²) < 4.78 is 0.722. The molecule has 0 fully saturated rings. The molecule has 0 bridgehead atoms. The van der Waals surface area contributed by atoms with Crippen molar-refractivity contribution >= 4 is 34.8 Å². The number of aromatic nitrogens is 5. The summed E-state index contributed by atoms with van der Waals surface area (Å²) in [6.45, 7) is 0. The lowest BCUT2D eigenvalue weighted by molar-refractivity contribution is -0.116. The van der Waals surface area contributed by atoms with Crippen molar-refractivity contribution in [3.05, 3.63) is 39.8 Å². The molecule has 0 radical (unpaired) electrons. The molecule has 3 aromatic heterocycles. The Labute approximate surface area is 134 Å². The minimum atomic E-state index is -0.150. The Morgan fingerprint density at radius 2 is 2.23 bits per heavy atom. The normalized spacial score (nSPS) is 10.6. The van der Waals surface area contributed by atoms with Gasteiger partial charge in [0.05, 0.1) is 16.7 Å². The van der Waals surface area contributed by atoms with E-state index in [1.807, 2.05) is 12.1 Å². The predicted octanol–water partition coefficient (Wildman–Crippen LogP) is 2.55. The zero-order chi connectivity index (χ0) is 15.4. The van der Waals surface area contributed by atoms with Crippen molar-refractivity contribution in [2.75, 3.05) is 5.32 Å². The van der Waals surface area contributed by atoms with Gasteiger partial charge in [-0.05, 0) is 24.6 Å². The van der Waals surface area contributed by atoms with E-state index in [-0.39, 0.29) is 11.9 Å². The highest BCUT2D eigenvalue weighted by Crippen LogP contribution is 2.22. The van der Waals surface area contributed by atoms with Crippen LogP contribution < -0.4 is 5.32 Å². The number of hydrogen-bond acceptors (Lipinski definition) is 6. The summed E-state index contributed by atoms with van der Waals surface area (Å²) in [6.07, 6.45) is 4.10. The van der Waals surface area contributed by atoms with Crippen LogP contribution in [-0.4, -0.2) is 31.3 Å². The number of nitrogens with one attached hydrogen (secondary N) is 2. The fraction of sp³-hybridized carbons (Fsp3) is 0.154. The molecule has 0 unspecified atom stereocenters. The molecule has 3 rings (SSSR count). The lowest BCUT2D eigenvalue weighted by Gasteiger charge is -1.99. The quantitative estimate of drug-likeness (QED) is 0.747. The molecule has 0 atom stereocenters. The molecular weight excluding hydrogens is 324 g/mol. The van der Waals surface area contributed by atoms with E-state index in [2.05, 4.69) is 30.7 Å². The number of amides is 1. The van der Waals surface area contributed by atoms with Crippen LogP contribution in [0.4, 0.5) is 5.95 Å².